The topological polar surface area (TPSA) is 79.0 Å². The number of carbonyl (C=O) groups is 1. The standard InChI is InChI=1S/C23H31N3O4S/c1-3-26(21-12-14-22(15-13-21)30-4-2)31(28,29)25-16-8-11-20(18-25)23(27)24-17-19-9-6-5-7-10-19/h5-7,9-10,12-15,20H,3-4,8,11,16-18H2,1-2H3,(H,24,27). The van der Waals surface area contributed by atoms with Crippen LogP contribution in [0.15, 0.2) is 54.6 Å². The molecule has 1 unspecified atom stereocenters. The molecule has 0 bridgehead atoms. The Hall–Kier alpha value is -2.58. The van der Waals surface area contributed by atoms with E-state index in [1.165, 1.54) is 8.61 Å². The van der Waals surface area contributed by atoms with E-state index in [1.54, 1.807) is 24.3 Å². The number of rotatable bonds is 9. The zero-order chi connectivity index (χ0) is 22.3. The molecule has 1 amide bonds. The molecule has 1 saturated heterocycles. The largest absolute Gasteiger partial charge is 0.494 e. The van der Waals surface area contributed by atoms with Gasteiger partial charge in [-0.1, -0.05) is 30.3 Å². The van der Waals surface area contributed by atoms with Gasteiger partial charge in [0.15, 0.2) is 0 Å². The van der Waals surface area contributed by atoms with Crippen LogP contribution in [0.3, 0.4) is 0 Å². The van der Waals surface area contributed by atoms with Gasteiger partial charge in [-0.05, 0) is 56.5 Å². The maximum atomic E-state index is 13.4. The van der Waals surface area contributed by atoms with Crippen molar-refractivity contribution in [1.82, 2.24) is 9.62 Å². The van der Waals surface area contributed by atoms with Gasteiger partial charge in [-0.25, -0.2) is 0 Å². The third kappa shape index (κ3) is 5.77. The van der Waals surface area contributed by atoms with E-state index in [-0.39, 0.29) is 18.4 Å². The molecule has 1 fully saturated rings. The quantitative estimate of drug-likeness (QED) is 0.643. The van der Waals surface area contributed by atoms with Crippen molar-refractivity contribution in [2.45, 2.75) is 33.2 Å². The molecule has 1 N–H and O–H groups in total. The second kappa shape index (κ2) is 10.6. The number of nitrogens with one attached hydrogen (secondary N) is 1. The molecule has 1 aliphatic heterocycles. The van der Waals surface area contributed by atoms with E-state index in [9.17, 15) is 13.2 Å². The summed E-state index contributed by atoms with van der Waals surface area (Å²) < 4.78 is 35.0. The summed E-state index contributed by atoms with van der Waals surface area (Å²) in [6.07, 6.45) is 1.34. The third-order valence-corrected chi connectivity index (χ3v) is 7.40. The number of hydrogen-bond donors (Lipinski definition) is 1. The van der Waals surface area contributed by atoms with Gasteiger partial charge < -0.3 is 10.1 Å². The number of hydrogen-bond acceptors (Lipinski definition) is 4. The molecule has 0 saturated carbocycles. The van der Waals surface area contributed by atoms with Gasteiger partial charge in [0, 0.05) is 26.2 Å². The van der Waals surface area contributed by atoms with Crippen molar-refractivity contribution in [2.24, 2.45) is 5.92 Å². The van der Waals surface area contributed by atoms with Crippen molar-refractivity contribution in [3.63, 3.8) is 0 Å². The Labute approximate surface area is 185 Å². The summed E-state index contributed by atoms with van der Waals surface area (Å²) >= 11 is 0. The summed E-state index contributed by atoms with van der Waals surface area (Å²) in [4.78, 5) is 12.7. The minimum atomic E-state index is -3.74. The van der Waals surface area contributed by atoms with E-state index in [1.807, 2.05) is 44.2 Å². The van der Waals surface area contributed by atoms with E-state index in [4.69, 9.17) is 4.74 Å². The maximum absolute atomic E-state index is 13.4. The summed E-state index contributed by atoms with van der Waals surface area (Å²) in [7, 11) is -3.74. The average molecular weight is 446 g/mol. The summed E-state index contributed by atoms with van der Waals surface area (Å²) in [5.74, 6) is 0.243. The molecule has 0 aliphatic carbocycles. The monoisotopic (exact) mass is 445 g/mol. The molecule has 31 heavy (non-hydrogen) atoms. The molecule has 0 aromatic heterocycles. The lowest BCUT2D eigenvalue weighted by Crippen LogP contribution is -2.50. The van der Waals surface area contributed by atoms with E-state index in [0.29, 0.717) is 50.5 Å². The minimum Gasteiger partial charge on any atom is -0.494 e. The molecule has 0 radical (unpaired) electrons. The predicted molar refractivity (Wildman–Crippen MR) is 122 cm³/mol. The van der Waals surface area contributed by atoms with Gasteiger partial charge in [-0.3, -0.25) is 9.10 Å². The first-order chi connectivity index (χ1) is 15.0. The van der Waals surface area contributed by atoms with Gasteiger partial charge in [0.05, 0.1) is 18.2 Å². The Morgan fingerprint density at radius 1 is 1.13 bits per heavy atom. The Morgan fingerprint density at radius 3 is 2.48 bits per heavy atom. The molecule has 168 valence electrons. The van der Waals surface area contributed by atoms with Crippen LogP contribution in [0.5, 0.6) is 5.75 Å². The first-order valence-corrected chi connectivity index (χ1v) is 12.2. The molecule has 7 nitrogen and oxygen atoms in total. The SMILES string of the molecule is CCOc1ccc(N(CC)S(=O)(=O)N2CCCC(C(=O)NCc3ccccc3)C2)cc1. The molecule has 3 rings (SSSR count). The van der Waals surface area contributed by atoms with Gasteiger partial charge in [0.2, 0.25) is 5.91 Å². The van der Waals surface area contributed by atoms with Crippen LogP contribution in [0.1, 0.15) is 32.3 Å². The second-order valence-electron chi connectivity index (χ2n) is 7.50. The number of benzene rings is 2. The summed E-state index contributed by atoms with van der Waals surface area (Å²) in [5.41, 5.74) is 1.60. The Morgan fingerprint density at radius 2 is 1.84 bits per heavy atom. The van der Waals surface area contributed by atoms with Gasteiger partial charge in [-0.2, -0.15) is 12.7 Å². The molecule has 2 aromatic rings. The van der Waals surface area contributed by atoms with Crippen LogP contribution < -0.4 is 14.4 Å². The molecule has 1 aliphatic rings. The molecular weight excluding hydrogens is 414 g/mol. The zero-order valence-electron chi connectivity index (χ0n) is 18.2. The number of ether oxygens (including phenoxy) is 1. The van der Waals surface area contributed by atoms with Gasteiger partial charge in [-0.15, -0.1) is 0 Å². The van der Waals surface area contributed by atoms with Crippen LogP contribution >= 0.6 is 0 Å². The van der Waals surface area contributed by atoms with E-state index < -0.39 is 10.2 Å². The third-order valence-electron chi connectivity index (χ3n) is 5.39. The van der Waals surface area contributed by atoms with Crippen molar-refractivity contribution in [3.05, 3.63) is 60.2 Å². The smallest absolute Gasteiger partial charge is 0.304 e. The highest BCUT2D eigenvalue weighted by Crippen LogP contribution is 2.27. The molecular formula is C23H31N3O4S. The van der Waals surface area contributed by atoms with Crippen LogP contribution in [-0.2, 0) is 21.5 Å². The molecule has 0 spiro atoms. The fourth-order valence-corrected chi connectivity index (χ4v) is 5.51. The lowest BCUT2D eigenvalue weighted by molar-refractivity contribution is -0.126. The molecule has 1 heterocycles. The first-order valence-electron chi connectivity index (χ1n) is 10.8. The van der Waals surface area contributed by atoms with Gasteiger partial charge in [0.1, 0.15) is 5.75 Å². The van der Waals surface area contributed by atoms with Crippen LogP contribution in [0.4, 0.5) is 5.69 Å². The van der Waals surface area contributed by atoms with E-state index >= 15 is 0 Å². The van der Waals surface area contributed by atoms with Crippen molar-refractivity contribution < 1.29 is 17.9 Å². The summed E-state index contributed by atoms with van der Waals surface area (Å²) in [6.45, 7) is 5.61. The van der Waals surface area contributed by atoms with Gasteiger partial charge in [0.25, 0.3) is 0 Å². The van der Waals surface area contributed by atoms with Gasteiger partial charge >= 0.3 is 10.2 Å². The number of piperidine rings is 1. The van der Waals surface area contributed by atoms with E-state index in [2.05, 4.69) is 5.32 Å². The fraction of sp³-hybridized carbons (Fsp3) is 0.435. The van der Waals surface area contributed by atoms with Crippen LogP contribution in [0, 0.1) is 5.92 Å². The normalized spacial score (nSPS) is 17.2. The number of carbonyl (C=O) groups excluding carboxylic acids is 1. The highest BCUT2D eigenvalue weighted by Gasteiger charge is 2.35. The summed E-state index contributed by atoms with van der Waals surface area (Å²) in [6, 6.07) is 16.7. The van der Waals surface area contributed by atoms with Crippen LogP contribution in [0.2, 0.25) is 0 Å². The number of amides is 1. The molecule has 8 heteroatoms. The molecule has 2 aromatic carbocycles. The highest BCUT2D eigenvalue weighted by molar-refractivity contribution is 7.90. The Kier molecular flexibility index (Phi) is 7.92. The second-order valence-corrected chi connectivity index (χ2v) is 9.35. The van der Waals surface area contributed by atoms with Crippen molar-refractivity contribution in [1.29, 1.82) is 0 Å². The average Bonchev–Trinajstić information content (AvgIpc) is 2.80. The Balaban J connectivity index is 1.67. The van der Waals surface area contributed by atoms with Crippen molar-refractivity contribution in [3.8, 4) is 5.75 Å². The van der Waals surface area contributed by atoms with Crippen LogP contribution in [-0.4, -0.2) is 44.9 Å². The Bertz CT molecular complexity index is 949. The molecule has 1 atom stereocenters. The number of anilines is 1. The van der Waals surface area contributed by atoms with Crippen molar-refractivity contribution >= 4 is 21.8 Å². The van der Waals surface area contributed by atoms with E-state index in [0.717, 1.165) is 5.56 Å². The fourth-order valence-electron chi connectivity index (χ4n) is 3.79. The highest BCUT2D eigenvalue weighted by atomic mass is 32.2. The van der Waals surface area contributed by atoms with Crippen molar-refractivity contribution in [2.75, 3.05) is 30.5 Å². The minimum absolute atomic E-state index is 0.104. The lowest BCUT2D eigenvalue weighted by atomic mass is 9.99. The summed E-state index contributed by atoms with van der Waals surface area (Å²) in [5, 5.41) is 2.95. The number of nitrogens with zero attached hydrogens (tertiary/aromatic N) is 2. The first kappa shape index (κ1) is 23.1. The lowest BCUT2D eigenvalue weighted by Gasteiger charge is -2.35. The zero-order valence-corrected chi connectivity index (χ0v) is 19.0. The van der Waals surface area contributed by atoms with Crippen LogP contribution in [0.25, 0.3) is 0 Å². The maximum Gasteiger partial charge on any atom is 0.304 e. The predicted octanol–water partition coefficient (Wildman–Crippen LogP) is 3.18.